The van der Waals surface area contributed by atoms with Gasteiger partial charge in [0.15, 0.2) is 11.5 Å². The molecule has 0 saturated carbocycles. The van der Waals surface area contributed by atoms with Crippen molar-refractivity contribution in [3.63, 3.8) is 0 Å². The molecule has 3 amide bonds. The minimum absolute atomic E-state index is 0.288. The summed E-state index contributed by atoms with van der Waals surface area (Å²) in [4.78, 5) is 25.3. The molecule has 1 unspecified atom stereocenters. The second-order valence-electron chi connectivity index (χ2n) is 6.23. The van der Waals surface area contributed by atoms with Crippen LogP contribution in [0.4, 0.5) is 10.5 Å². The number of urea groups is 1. The van der Waals surface area contributed by atoms with Gasteiger partial charge in [0, 0.05) is 24.8 Å². The van der Waals surface area contributed by atoms with Crippen molar-refractivity contribution < 1.29 is 23.8 Å². The molecule has 3 rings (SSSR count). The standard InChI is InChI=1S/C20H23N3O5/c1-13(19(24)23-11-10-21-20(23)25)22-14-4-9-17(27-3)18(12-14)28-16-7-5-15(26-2)6-8-16/h4-9,12-13,22H,10-11H2,1-3H3,(H,21,25). The predicted molar refractivity (Wildman–Crippen MR) is 104 cm³/mol. The van der Waals surface area contributed by atoms with Crippen molar-refractivity contribution in [2.75, 3.05) is 32.6 Å². The van der Waals surface area contributed by atoms with Crippen molar-refractivity contribution >= 4 is 17.6 Å². The summed E-state index contributed by atoms with van der Waals surface area (Å²) in [5.41, 5.74) is 0.671. The molecule has 2 aromatic carbocycles. The number of nitrogens with zero attached hydrogens (tertiary/aromatic N) is 1. The van der Waals surface area contributed by atoms with Gasteiger partial charge in [0.25, 0.3) is 5.91 Å². The second-order valence-corrected chi connectivity index (χ2v) is 6.23. The number of amides is 3. The van der Waals surface area contributed by atoms with Crippen molar-refractivity contribution in [3.05, 3.63) is 42.5 Å². The van der Waals surface area contributed by atoms with Crippen LogP contribution >= 0.6 is 0 Å². The SMILES string of the molecule is COc1ccc(Oc2cc(NC(C)C(=O)N3CCNC3=O)ccc2OC)cc1. The van der Waals surface area contributed by atoms with Gasteiger partial charge >= 0.3 is 6.03 Å². The van der Waals surface area contributed by atoms with Crippen LogP contribution in [0.5, 0.6) is 23.0 Å². The lowest BCUT2D eigenvalue weighted by Crippen LogP contribution is -2.43. The lowest BCUT2D eigenvalue weighted by Gasteiger charge is -2.20. The van der Waals surface area contributed by atoms with E-state index in [-0.39, 0.29) is 11.9 Å². The van der Waals surface area contributed by atoms with Gasteiger partial charge in [0.05, 0.1) is 14.2 Å². The second kappa shape index (κ2) is 8.51. The van der Waals surface area contributed by atoms with E-state index in [1.54, 1.807) is 63.6 Å². The van der Waals surface area contributed by atoms with Crippen molar-refractivity contribution in [1.29, 1.82) is 0 Å². The molecule has 0 bridgehead atoms. The van der Waals surface area contributed by atoms with Crippen molar-refractivity contribution in [2.45, 2.75) is 13.0 Å². The molecule has 2 aromatic rings. The van der Waals surface area contributed by atoms with Crippen molar-refractivity contribution in [2.24, 2.45) is 0 Å². The molecule has 0 aliphatic carbocycles. The van der Waals surface area contributed by atoms with Gasteiger partial charge < -0.3 is 24.8 Å². The average Bonchev–Trinajstić information content (AvgIpc) is 3.14. The highest BCUT2D eigenvalue weighted by Crippen LogP contribution is 2.34. The number of carbonyl (C=O) groups excluding carboxylic acids is 2. The molecular formula is C20H23N3O5. The summed E-state index contributed by atoms with van der Waals surface area (Å²) >= 11 is 0. The topological polar surface area (TPSA) is 89.1 Å². The Balaban J connectivity index is 1.74. The molecule has 1 atom stereocenters. The molecule has 1 aliphatic heterocycles. The van der Waals surface area contributed by atoms with E-state index in [1.807, 2.05) is 0 Å². The fraction of sp³-hybridized carbons (Fsp3) is 0.300. The number of carbonyl (C=O) groups is 2. The van der Waals surface area contributed by atoms with E-state index in [4.69, 9.17) is 14.2 Å². The molecule has 1 fully saturated rings. The highest BCUT2D eigenvalue weighted by molar-refractivity contribution is 5.99. The Hall–Kier alpha value is -3.42. The number of methoxy groups -OCH3 is 2. The summed E-state index contributed by atoms with van der Waals surface area (Å²) in [6.07, 6.45) is 0. The molecule has 0 radical (unpaired) electrons. The molecule has 1 heterocycles. The zero-order valence-corrected chi connectivity index (χ0v) is 16.0. The molecule has 1 aliphatic rings. The first-order valence-electron chi connectivity index (χ1n) is 8.87. The van der Waals surface area contributed by atoms with Gasteiger partial charge in [-0.3, -0.25) is 9.69 Å². The van der Waals surface area contributed by atoms with Crippen molar-refractivity contribution in [3.8, 4) is 23.0 Å². The third-order valence-corrected chi connectivity index (χ3v) is 4.33. The quantitative estimate of drug-likeness (QED) is 0.762. The maximum Gasteiger partial charge on any atom is 0.324 e. The van der Waals surface area contributed by atoms with Crippen LogP contribution in [0, 0.1) is 0 Å². The number of nitrogens with one attached hydrogen (secondary N) is 2. The van der Waals surface area contributed by atoms with Crippen LogP contribution in [0.25, 0.3) is 0 Å². The molecular weight excluding hydrogens is 362 g/mol. The Labute approximate surface area is 163 Å². The summed E-state index contributed by atoms with van der Waals surface area (Å²) in [5.74, 6) is 2.11. The van der Waals surface area contributed by atoms with E-state index in [9.17, 15) is 9.59 Å². The highest BCUT2D eigenvalue weighted by atomic mass is 16.5. The van der Waals surface area contributed by atoms with E-state index in [1.165, 1.54) is 4.90 Å². The molecule has 148 valence electrons. The summed E-state index contributed by atoms with van der Waals surface area (Å²) < 4.78 is 16.4. The van der Waals surface area contributed by atoms with Gasteiger partial charge in [0.2, 0.25) is 0 Å². The number of anilines is 1. The Morgan fingerprint density at radius 3 is 2.39 bits per heavy atom. The van der Waals surface area contributed by atoms with Crippen LogP contribution in [0.15, 0.2) is 42.5 Å². The van der Waals surface area contributed by atoms with E-state index in [2.05, 4.69) is 10.6 Å². The van der Waals surface area contributed by atoms with Gasteiger partial charge in [-0.05, 0) is 43.3 Å². The first-order valence-corrected chi connectivity index (χ1v) is 8.87. The highest BCUT2D eigenvalue weighted by Gasteiger charge is 2.29. The van der Waals surface area contributed by atoms with E-state index < -0.39 is 6.04 Å². The number of rotatable bonds is 7. The molecule has 8 heteroatoms. The smallest absolute Gasteiger partial charge is 0.324 e. The molecule has 0 aromatic heterocycles. The van der Waals surface area contributed by atoms with Crippen LogP contribution in [-0.2, 0) is 4.79 Å². The fourth-order valence-corrected chi connectivity index (χ4v) is 2.84. The first kappa shape index (κ1) is 19.3. The maximum atomic E-state index is 12.5. The normalized spacial score (nSPS) is 14.2. The predicted octanol–water partition coefficient (Wildman–Crippen LogP) is 2.85. The monoisotopic (exact) mass is 385 g/mol. The van der Waals surface area contributed by atoms with Gasteiger partial charge in [0.1, 0.15) is 17.5 Å². The van der Waals surface area contributed by atoms with Crippen LogP contribution in [-0.4, -0.2) is 50.2 Å². The summed E-state index contributed by atoms with van der Waals surface area (Å²) in [6.45, 7) is 2.56. The summed E-state index contributed by atoms with van der Waals surface area (Å²) in [6, 6.07) is 11.5. The van der Waals surface area contributed by atoms with Gasteiger partial charge in [-0.15, -0.1) is 0 Å². The Morgan fingerprint density at radius 1 is 1.07 bits per heavy atom. The fourth-order valence-electron chi connectivity index (χ4n) is 2.84. The largest absolute Gasteiger partial charge is 0.497 e. The maximum absolute atomic E-state index is 12.5. The molecule has 0 spiro atoms. The molecule has 2 N–H and O–H groups in total. The lowest BCUT2D eigenvalue weighted by molar-refractivity contribution is -0.128. The number of ether oxygens (including phenoxy) is 3. The van der Waals surface area contributed by atoms with Crippen LogP contribution in [0.2, 0.25) is 0 Å². The number of benzene rings is 2. The van der Waals surface area contributed by atoms with Crippen LogP contribution in [0.3, 0.4) is 0 Å². The number of hydrogen-bond donors (Lipinski definition) is 2. The molecule has 8 nitrogen and oxygen atoms in total. The first-order chi connectivity index (χ1) is 13.5. The third-order valence-electron chi connectivity index (χ3n) is 4.33. The minimum atomic E-state index is -0.578. The van der Waals surface area contributed by atoms with E-state index >= 15 is 0 Å². The minimum Gasteiger partial charge on any atom is -0.497 e. The van der Waals surface area contributed by atoms with Gasteiger partial charge in [-0.1, -0.05) is 0 Å². The number of imide groups is 1. The zero-order valence-electron chi connectivity index (χ0n) is 16.0. The lowest BCUT2D eigenvalue weighted by atomic mass is 10.2. The van der Waals surface area contributed by atoms with Crippen molar-refractivity contribution in [1.82, 2.24) is 10.2 Å². The van der Waals surface area contributed by atoms with Crippen LogP contribution in [0.1, 0.15) is 6.92 Å². The Morgan fingerprint density at radius 2 is 1.79 bits per heavy atom. The number of hydrogen-bond acceptors (Lipinski definition) is 6. The zero-order chi connectivity index (χ0) is 20.1. The molecule has 28 heavy (non-hydrogen) atoms. The summed E-state index contributed by atoms with van der Waals surface area (Å²) in [7, 11) is 3.16. The Bertz CT molecular complexity index is 853. The van der Waals surface area contributed by atoms with E-state index in [0.29, 0.717) is 36.0 Å². The molecule has 1 saturated heterocycles. The average molecular weight is 385 g/mol. The van der Waals surface area contributed by atoms with Gasteiger partial charge in [-0.2, -0.15) is 0 Å². The van der Waals surface area contributed by atoms with E-state index in [0.717, 1.165) is 5.75 Å². The third kappa shape index (κ3) is 4.28. The van der Waals surface area contributed by atoms with Crippen LogP contribution < -0.4 is 24.8 Å². The Kier molecular flexibility index (Phi) is 5.88. The van der Waals surface area contributed by atoms with Gasteiger partial charge in [-0.25, -0.2) is 4.79 Å². The summed E-state index contributed by atoms with van der Waals surface area (Å²) in [5, 5.41) is 5.73.